The van der Waals surface area contributed by atoms with Gasteiger partial charge in [-0.2, -0.15) is 0 Å². The van der Waals surface area contributed by atoms with E-state index in [0.717, 1.165) is 32.5 Å². The predicted molar refractivity (Wildman–Crippen MR) is 111 cm³/mol. The molecule has 27 heavy (non-hydrogen) atoms. The lowest BCUT2D eigenvalue weighted by atomic mass is 10.1. The molecule has 0 bridgehead atoms. The highest BCUT2D eigenvalue weighted by Crippen LogP contribution is 2.28. The first-order chi connectivity index (χ1) is 13.0. The molecule has 1 aromatic heterocycles. The molecule has 0 spiro atoms. The van der Waals surface area contributed by atoms with Gasteiger partial charge in [-0.05, 0) is 49.1 Å². The van der Waals surface area contributed by atoms with Gasteiger partial charge in [0.05, 0.1) is 0 Å². The molecule has 0 aliphatic heterocycles. The largest absolute Gasteiger partial charge is 0.483 e. The standard InChI is InChI=1S/C20H21N3O2S2/c1-13-9-14(2)15(3)17(10-13)25-11-18(24)21-19-22-23-20(27-19)26-12-16-7-5-4-6-8-16/h4-10H,11-12H2,1-3H3,(H,21,22,24). The summed E-state index contributed by atoms with van der Waals surface area (Å²) in [6.45, 7) is 5.97. The smallest absolute Gasteiger partial charge is 0.264 e. The third-order valence-electron chi connectivity index (χ3n) is 3.98. The van der Waals surface area contributed by atoms with Gasteiger partial charge in [0.2, 0.25) is 5.13 Å². The van der Waals surface area contributed by atoms with Crippen molar-refractivity contribution in [1.82, 2.24) is 10.2 Å². The Hall–Kier alpha value is -2.38. The number of aromatic nitrogens is 2. The van der Waals surface area contributed by atoms with E-state index in [0.29, 0.717) is 5.13 Å². The van der Waals surface area contributed by atoms with Crippen LogP contribution in [0.4, 0.5) is 5.13 Å². The number of benzene rings is 2. The van der Waals surface area contributed by atoms with Crippen LogP contribution in [-0.2, 0) is 10.5 Å². The Labute approximate surface area is 167 Å². The molecule has 0 fully saturated rings. The number of ether oxygens (including phenoxy) is 1. The minimum atomic E-state index is -0.246. The molecule has 0 saturated heterocycles. The van der Waals surface area contributed by atoms with Crippen molar-refractivity contribution in [1.29, 1.82) is 0 Å². The molecule has 0 unspecified atom stereocenters. The van der Waals surface area contributed by atoms with E-state index in [2.05, 4.69) is 33.7 Å². The molecule has 140 valence electrons. The molecule has 0 aliphatic rings. The van der Waals surface area contributed by atoms with E-state index in [1.165, 1.54) is 16.9 Å². The zero-order valence-corrected chi connectivity index (χ0v) is 17.1. The summed E-state index contributed by atoms with van der Waals surface area (Å²) in [6.07, 6.45) is 0. The number of carbonyl (C=O) groups excluding carboxylic acids is 1. The molecular weight excluding hydrogens is 378 g/mol. The Balaban J connectivity index is 1.51. The highest BCUT2D eigenvalue weighted by atomic mass is 32.2. The molecule has 2 aromatic carbocycles. The van der Waals surface area contributed by atoms with E-state index >= 15 is 0 Å². The highest BCUT2D eigenvalue weighted by molar-refractivity contribution is 8.00. The first-order valence-electron chi connectivity index (χ1n) is 8.52. The highest BCUT2D eigenvalue weighted by Gasteiger charge is 2.11. The number of rotatable bonds is 7. The van der Waals surface area contributed by atoms with E-state index in [1.807, 2.05) is 45.0 Å². The van der Waals surface area contributed by atoms with E-state index < -0.39 is 0 Å². The van der Waals surface area contributed by atoms with Gasteiger partial charge in [0.15, 0.2) is 10.9 Å². The van der Waals surface area contributed by atoms with Crippen LogP contribution in [0.15, 0.2) is 46.8 Å². The Bertz CT molecular complexity index is 926. The van der Waals surface area contributed by atoms with Gasteiger partial charge in [-0.1, -0.05) is 59.5 Å². The number of nitrogens with one attached hydrogen (secondary N) is 1. The number of thioether (sulfide) groups is 1. The molecule has 0 saturated carbocycles. The van der Waals surface area contributed by atoms with Crippen LogP contribution in [0.3, 0.4) is 0 Å². The average Bonchev–Trinajstić information content (AvgIpc) is 3.10. The summed E-state index contributed by atoms with van der Waals surface area (Å²) in [5.74, 6) is 1.31. The van der Waals surface area contributed by atoms with Crippen molar-refractivity contribution < 1.29 is 9.53 Å². The monoisotopic (exact) mass is 399 g/mol. The molecule has 0 aliphatic carbocycles. The lowest BCUT2D eigenvalue weighted by Gasteiger charge is -2.11. The third kappa shape index (κ3) is 5.55. The molecule has 3 aromatic rings. The summed E-state index contributed by atoms with van der Waals surface area (Å²) in [4.78, 5) is 12.2. The van der Waals surface area contributed by atoms with Crippen LogP contribution in [0.2, 0.25) is 0 Å². The second-order valence-electron chi connectivity index (χ2n) is 6.19. The predicted octanol–water partition coefficient (Wildman–Crippen LogP) is 4.77. The normalized spacial score (nSPS) is 10.6. The molecule has 7 heteroatoms. The van der Waals surface area contributed by atoms with E-state index in [9.17, 15) is 4.79 Å². The van der Waals surface area contributed by atoms with Gasteiger partial charge < -0.3 is 4.74 Å². The lowest BCUT2D eigenvalue weighted by molar-refractivity contribution is -0.118. The van der Waals surface area contributed by atoms with Crippen LogP contribution in [0.1, 0.15) is 22.3 Å². The summed E-state index contributed by atoms with van der Waals surface area (Å²) in [5, 5.41) is 11.4. The Morgan fingerprint density at radius 1 is 1.15 bits per heavy atom. The molecule has 0 radical (unpaired) electrons. The summed E-state index contributed by atoms with van der Waals surface area (Å²) >= 11 is 2.96. The zero-order chi connectivity index (χ0) is 19.2. The van der Waals surface area contributed by atoms with Crippen molar-refractivity contribution >= 4 is 34.1 Å². The van der Waals surface area contributed by atoms with Crippen LogP contribution in [-0.4, -0.2) is 22.7 Å². The van der Waals surface area contributed by atoms with Gasteiger partial charge in [-0.15, -0.1) is 10.2 Å². The van der Waals surface area contributed by atoms with Crippen molar-refractivity contribution in [3.8, 4) is 5.75 Å². The summed E-state index contributed by atoms with van der Waals surface area (Å²) in [5.41, 5.74) is 4.52. The van der Waals surface area contributed by atoms with Gasteiger partial charge in [0, 0.05) is 5.75 Å². The van der Waals surface area contributed by atoms with Gasteiger partial charge in [-0.25, -0.2) is 0 Å². The van der Waals surface area contributed by atoms with Crippen LogP contribution in [0.25, 0.3) is 0 Å². The Kier molecular flexibility index (Phi) is 6.47. The number of aryl methyl sites for hydroxylation is 2. The maximum atomic E-state index is 12.2. The number of hydrogen-bond donors (Lipinski definition) is 1. The third-order valence-corrected chi connectivity index (χ3v) is 6.02. The number of carbonyl (C=O) groups is 1. The van der Waals surface area contributed by atoms with Crippen molar-refractivity contribution in [3.63, 3.8) is 0 Å². The van der Waals surface area contributed by atoms with Gasteiger partial charge in [0.25, 0.3) is 5.91 Å². The fraction of sp³-hybridized carbons (Fsp3) is 0.250. The Morgan fingerprint density at radius 2 is 1.93 bits per heavy atom. The molecule has 5 nitrogen and oxygen atoms in total. The molecular formula is C20H21N3O2S2. The van der Waals surface area contributed by atoms with E-state index in [1.54, 1.807) is 11.8 Å². The molecule has 1 heterocycles. The van der Waals surface area contributed by atoms with Gasteiger partial charge in [-0.3, -0.25) is 10.1 Å². The number of anilines is 1. The summed E-state index contributed by atoms with van der Waals surface area (Å²) < 4.78 is 6.50. The van der Waals surface area contributed by atoms with Crippen molar-refractivity contribution in [2.24, 2.45) is 0 Å². The number of nitrogens with zero attached hydrogens (tertiary/aromatic N) is 2. The summed E-state index contributed by atoms with van der Waals surface area (Å²) in [7, 11) is 0. The number of amides is 1. The molecule has 1 amide bonds. The van der Waals surface area contributed by atoms with Crippen molar-refractivity contribution in [2.45, 2.75) is 30.9 Å². The topological polar surface area (TPSA) is 64.1 Å². The van der Waals surface area contributed by atoms with E-state index in [-0.39, 0.29) is 12.5 Å². The van der Waals surface area contributed by atoms with Crippen LogP contribution in [0, 0.1) is 20.8 Å². The second kappa shape index (κ2) is 9.01. The average molecular weight is 400 g/mol. The fourth-order valence-electron chi connectivity index (χ4n) is 2.49. The zero-order valence-electron chi connectivity index (χ0n) is 15.5. The maximum absolute atomic E-state index is 12.2. The minimum absolute atomic E-state index is 0.0597. The first kappa shape index (κ1) is 19.4. The van der Waals surface area contributed by atoms with Crippen LogP contribution >= 0.6 is 23.1 Å². The fourth-order valence-corrected chi connectivity index (χ4v) is 4.21. The Morgan fingerprint density at radius 3 is 2.70 bits per heavy atom. The molecule has 0 atom stereocenters. The van der Waals surface area contributed by atoms with Crippen molar-refractivity contribution in [3.05, 3.63) is 64.7 Å². The maximum Gasteiger partial charge on any atom is 0.264 e. The quantitative estimate of drug-likeness (QED) is 0.458. The molecule has 3 rings (SSSR count). The molecule has 1 N–H and O–H groups in total. The lowest BCUT2D eigenvalue weighted by Crippen LogP contribution is -2.20. The first-order valence-corrected chi connectivity index (χ1v) is 10.3. The summed E-state index contributed by atoms with van der Waals surface area (Å²) in [6, 6.07) is 14.2. The number of hydrogen-bond acceptors (Lipinski definition) is 6. The second-order valence-corrected chi connectivity index (χ2v) is 8.39. The van der Waals surface area contributed by atoms with Crippen molar-refractivity contribution in [2.75, 3.05) is 11.9 Å². The van der Waals surface area contributed by atoms with Gasteiger partial charge >= 0.3 is 0 Å². The SMILES string of the molecule is Cc1cc(C)c(C)c(OCC(=O)Nc2nnc(SCc3ccccc3)s2)c1. The van der Waals surface area contributed by atoms with E-state index in [4.69, 9.17) is 4.74 Å². The minimum Gasteiger partial charge on any atom is -0.483 e. The van der Waals surface area contributed by atoms with Crippen LogP contribution in [0.5, 0.6) is 5.75 Å². The van der Waals surface area contributed by atoms with Gasteiger partial charge in [0.1, 0.15) is 5.75 Å². The van der Waals surface area contributed by atoms with Crippen LogP contribution < -0.4 is 10.1 Å².